The van der Waals surface area contributed by atoms with Crippen LogP contribution in [0.2, 0.25) is 0 Å². The lowest BCUT2D eigenvalue weighted by atomic mass is 10.2. The van der Waals surface area contributed by atoms with Gasteiger partial charge >= 0.3 is 5.69 Å². The molecule has 0 spiro atoms. The van der Waals surface area contributed by atoms with E-state index in [4.69, 9.17) is 0 Å². The fraction of sp³-hybridized carbons (Fsp3) is 0.176. The predicted octanol–water partition coefficient (Wildman–Crippen LogP) is 2.57. The van der Waals surface area contributed by atoms with E-state index < -0.39 is 5.69 Å². The third-order valence-corrected chi connectivity index (χ3v) is 4.20. The van der Waals surface area contributed by atoms with Gasteiger partial charge in [-0.2, -0.15) is 0 Å². The SMILES string of the molecule is CN(C)c1ccc2[nH]c(=O)n(Cc3cccc(Br)c3)c(=O)c2c1. The van der Waals surface area contributed by atoms with Crippen LogP contribution in [-0.2, 0) is 6.54 Å². The van der Waals surface area contributed by atoms with Crippen LogP contribution in [0.15, 0.2) is 56.5 Å². The highest BCUT2D eigenvalue weighted by atomic mass is 79.9. The van der Waals surface area contributed by atoms with Crippen LogP contribution in [0.25, 0.3) is 10.9 Å². The second kappa shape index (κ2) is 6.04. The number of anilines is 1. The van der Waals surface area contributed by atoms with Crippen molar-refractivity contribution in [3.05, 3.63) is 73.3 Å². The summed E-state index contributed by atoms with van der Waals surface area (Å²) in [6, 6.07) is 13.0. The number of halogens is 1. The van der Waals surface area contributed by atoms with Crippen LogP contribution in [0.3, 0.4) is 0 Å². The summed E-state index contributed by atoms with van der Waals surface area (Å²) in [6.07, 6.45) is 0. The van der Waals surface area contributed by atoms with Crippen molar-refractivity contribution in [2.24, 2.45) is 0 Å². The lowest BCUT2D eigenvalue weighted by molar-refractivity contribution is 0.711. The van der Waals surface area contributed by atoms with Crippen molar-refractivity contribution in [3.8, 4) is 0 Å². The molecule has 118 valence electrons. The Hall–Kier alpha value is -2.34. The van der Waals surface area contributed by atoms with Gasteiger partial charge in [0, 0.05) is 24.3 Å². The highest BCUT2D eigenvalue weighted by Gasteiger charge is 2.09. The Morgan fingerprint density at radius 1 is 1.13 bits per heavy atom. The standard InChI is InChI=1S/C17H16BrN3O2/c1-20(2)13-6-7-15-14(9-13)16(22)21(17(23)19-15)10-11-4-3-5-12(18)8-11/h3-9H,10H2,1-2H3,(H,19,23). The number of hydrogen-bond donors (Lipinski definition) is 1. The lowest BCUT2D eigenvalue weighted by Crippen LogP contribution is -2.35. The summed E-state index contributed by atoms with van der Waals surface area (Å²) in [5.74, 6) is 0. The number of aromatic nitrogens is 2. The average molecular weight is 374 g/mol. The van der Waals surface area contributed by atoms with E-state index in [1.54, 1.807) is 12.1 Å². The van der Waals surface area contributed by atoms with Gasteiger partial charge in [0.2, 0.25) is 0 Å². The van der Waals surface area contributed by atoms with Crippen LogP contribution < -0.4 is 16.1 Å². The molecule has 0 amide bonds. The summed E-state index contributed by atoms with van der Waals surface area (Å²) in [4.78, 5) is 29.7. The number of hydrogen-bond acceptors (Lipinski definition) is 3. The molecule has 0 aliphatic carbocycles. The molecule has 6 heteroatoms. The molecule has 3 aromatic rings. The van der Waals surface area contributed by atoms with Crippen molar-refractivity contribution in [3.63, 3.8) is 0 Å². The van der Waals surface area contributed by atoms with Crippen LogP contribution in [-0.4, -0.2) is 23.6 Å². The monoisotopic (exact) mass is 373 g/mol. The molecule has 1 heterocycles. The Balaban J connectivity index is 2.17. The Kier molecular flexibility index (Phi) is 4.09. The Morgan fingerprint density at radius 3 is 2.61 bits per heavy atom. The van der Waals surface area contributed by atoms with Gasteiger partial charge in [-0.25, -0.2) is 4.79 Å². The van der Waals surface area contributed by atoms with Crippen LogP contribution in [0.1, 0.15) is 5.56 Å². The second-order valence-electron chi connectivity index (χ2n) is 5.58. The van der Waals surface area contributed by atoms with Gasteiger partial charge in [-0.05, 0) is 35.9 Å². The van der Waals surface area contributed by atoms with E-state index in [-0.39, 0.29) is 12.1 Å². The first kappa shape index (κ1) is 15.6. The van der Waals surface area contributed by atoms with Gasteiger partial charge in [-0.1, -0.05) is 28.1 Å². The quantitative estimate of drug-likeness (QED) is 0.767. The van der Waals surface area contributed by atoms with E-state index in [1.165, 1.54) is 4.57 Å². The number of H-pyrrole nitrogens is 1. The molecule has 0 aliphatic rings. The van der Waals surface area contributed by atoms with Gasteiger partial charge in [0.05, 0.1) is 17.4 Å². The van der Waals surface area contributed by atoms with Gasteiger partial charge in [0.25, 0.3) is 5.56 Å². The molecular weight excluding hydrogens is 358 g/mol. The lowest BCUT2D eigenvalue weighted by Gasteiger charge is -2.13. The molecule has 2 aromatic carbocycles. The predicted molar refractivity (Wildman–Crippen MR) is 96.4 cm³/mol. The molecule has 0 saturated carbocycles. The van der Waals surface area contributed by atoms with Crippen LogP contribution in [0, 0.1) is 0 Å². The average Bonchev–Trinajstić information content (AvgIpc) is 2.51. The first-order chi connectivity index (χ1) is 11.0. The number of nitrogens with one attached hydrogen (secondary N) is 1. The topological polar surface area (TPSA) is 58.1 Å². The summed E-state index contributed by atoms with van der Waals surface area (Å²) in [5, 5.41) is 0.505. The first-order valence-electron chi connectivity index (χ1n) is 7.14. The fourth-order valence-electron chi connectivity index (χ4n) is 2.48. The maximum Gasteiger partial charge on any atom is 0.329 e. The molecule has 0 fully saturated rings. The van der Waals surface area contributed by atoms with E-state index in [0.29, 0.717) is 10.9 Å². The van der Waals surface area contributed by atoms with Gasteiger partial charge in [0.15, 0.2) is 0 Å². The molecule has 23 heavy (non-hydrogen) atoms. The molecule has 3 rings (SSSR count). The summed E-state index contributed by atoms with van der Waals surface area (Å²) in [6.45, 7) is 0.232. The zero-order valence-corrected chi connectivity index (χ0v) is 14.4. The molecule has 5 nitrogen and oxygen atoms in total. The van der Waals surface area contributed by atoms with E-state index in [9.17, 15) is 9.59 Å². The molecule has 0 unspecified atom stereocenters. The molecule has 0 atom stereocenters. The minimum atomic E-state index is -0.403. The molecular formula is C17H16BrN3O2. The van der Waals surface area contributed by atoms with Gasteiger partial charge in [-0.3, -0.25) is 9.36 Å². The highest BCUT2D eigenvalue weighted by Crippen LogP contribution is 2.16. The van der Waals surface area contributed by atoms with Crippen LogP contribution in [0.4, 0.5) is 5.69 Å². The van der Waals surface area contributed by atoms with E-state index in [1.807, 2.05) is 49.3 Å². The van der Waals surface area contributed by atoms with Crippen molar-refractivity contribution in [2.45, 2.75) is 6.54 Å². The molecule has 0 bridgehead atoms. The van der Waals surface area contributed by atoms with Crippen molar-refractivity contribution in [1.82, 2.24) is 9.55 Å². The summed E-state index contributed by atoms with van der Waals surface area (Å²) < 4.78 is 2.14. The van der Waals surface area contributed by atoms with Gasteiger partial charge in [0.1, 0.15) is 0 Å². The van der Waals surface area contributed by atoms with Crippen molar-refractivity contribution in [2.75, 3.05) is 19.0 Å². The van der Waals surface area contributed by atoms with E-state index >= 15 is 0 Å². The number of benzene rings is 2. The van der Waals surface area contributed by atoms with Gasteiger partial charge in [-0.15, -0.1) is 0 Å². The Labute approximate surface area is 141 Å². The molecule has 0 aliphatic heterocycles. The van der Waals surface area contributed by atoms with Crippen molar-refractivity contribution in [1.29, 1.82) is 0 Å². The zero-order valence-electron chi connectivity index (χ0n) is 12.8. The summed E-state index contributed by atoms with van der Waals surface area (Å²) in [5.41, 5.74) is 1.66. The normalized spacial score (nSPS) is 10.9. The van der Waals surface area contributed by atoms with Crippen molar-refractivity contribution >= 4 is 32.5 Å². The van der Waals surface area contributed by atoms with Gasteiger partial charge < -0.3 is 9.88 Å². The number of nitrogens with zero attached hydrogens (tertiary/aromatic N) is 2. The fourth-order valence-corrected chi connectivity index (χ4v) is 2.92. The van der Waals surface area contributed by atoms with Crippen LogP contribution in [0.5, 0.6) is 0 Å². The Morgan fingerprint density at radius 2 is 1.91 bits per heavy atom. The maximum absolute atomic E-state index is 12.7. The maximum atomic E-state index is 12.7. The third kappa shape index (κ3) is 3.07. The number of fused-ring (bicyclic) bond motifs is 1. The summed E-state index contributed by atoms with van der Waals surface area (Å²) >= 11 is 3.40. The largest absolute Gasteiger partial charge is 0.378 e. The molecule has 1 N–H and O–H groups in total. The smallest absolute Gasteiger partial charge is 0.329 e. The second-order valence-corrected chi connectivity index (χ2v) is 6.49. The number of aromatic amines is 1. The summed E-state index contributed by atoms with van der Waals surface area (Å²) in [7, 11) is 3.82. The third-order valence-electron chi connectivity index (χ3n) is 3.71. The number of rotatable bonds is 3. The molecule has 0 saturated heterocycles. The minimum Gasteiger partial charge on any atom is -0.378 e. The molecule has 1 aromatic heterocycles. The highest BCUT2D eigenvalue weighted by molar-refractivity contribution is 9.10. The first-order valence-corrected chi connectivity index (χ1v) is 7.93. The zero-order chi connectivity index (χ0) is 16.6. The molecule has 0 radical (unpaired) electrons. The van der Waals surface area contributed by atoms with Crippen molar-refractivity contribution < 1.29 is 0 Å². The van der Waals surface area contributed by atoms with E-state index in [0.717, 1.165) is 15.7 Å². The van der Waals surface area contributed by atoms with Crippen LogP contribution >= 0.6 is 15.9 Å². The van der Waals surface area contributed by atoms with E-state index in [2.05, 4.69) is 20.9 Å². The minimum absolute atomic E-state index is 0.232. The Bertz CT molecular complexity index is 989.